The molecule has 12 aromatic carbocycles. The maximum Gasteiger partial charge on any atom is 0.143 e. The summed E-state index contributed by atoms with van der Waals surface area (Å²) < 4.78 is 14.9. The van der Waals surface area contributed by atoms with Crippen molar-refractivity contribution in [3.8, 4) is 66.8 Å². The molecule has 0 aliphatic rings. The number of aryl methyl sites for hydroxylation is 4. The van der Waals surface area contributed by atoms with E-state index in [9.17, 15) is 0 Å². The van der Waals surface area contributed by atoms with Crippen molar-refractivity contribution in [2.24, 2.45) is 0 Å². The van der Waals surface area contributed by atoms with Gasteiger partial charge in [-0.25, -0.2) is 0 Å². The summed E-state index contributed by atoms with van der Waals surface area (Å²) in [5.41, 5.74) is 22.2. The zero-order valence-corrected chi connectivity index (χ0v) is 39.4. The first kappa shape index (κ1) is 40.4. The third-order valence-corrected chi connectivity index (χ3v) is 14.6. The average Bonchev–Trinajstić information content (AvgIpc) is 3.95. The summed E-state index contributed by atoms with van der Waals surface area (Å²) in [6.07, 6.45) is 0. The van der Waals surface area contributed by atoms with Crippen LogP contribution in [0.15, 0.2) is 215 Å². The van der Waals surface area contributed by atoms with E-state index in [4.69, 9.17) is 8.83 Å². The third-order valence-electron chi connectivity index (χ3n) is 14.6. The van der Waals surface area contributed by atoms with Crippen molar-refractivity contribution in [3.63, 3.8) is 0 Å². The molecule has 2 aromatic heterocycles. The van der Waals surface area contributed by atoms with E-state index in [1.54, 1.807) is 0 Å². The second kappa shape index (κ2) is 15.4. The number of fused-ring (bicyclic) bond motifs is 8. The van der Waals surface area contributed by atoms with Crippen LogP contribution in [0.4, 0.5) is 0 Å². The first-order valence-electron chi connectivity index (χ1n) is 24.3. The van der Waals surface area contributed by atoms with Gasteiger partial charge in [-0.05, 0) is 154 Å². The highest BCUT2D eigenvalue weighted by atomic mass is 16.3. The Bertz CT molecular complexity index is 4080. The second-order valence-corrected chi connectivity index (χ2v) is 19.5. The van der Waals surface area contributed by atoms with E-state index in [2.05, 4.69) is 234 Å². The molecule has 0 spiro atoms. The maximum absolute atomic E-state index is 7.43. The fourth-order valence-electron chi connectivity index (χ4n) is 11.9. The quantitative estimate of drug-likeness (QED) is 0.155. The minimum Gasteiger partial charge on any atom is -0.455 e. The van der Waals surface area contributed by atoms with Crippen LogP contribution in [0.25, 0.3) is 143 Å². The van der Waals surface area contributed by atoms with Crippen LogP contribution in [-0.4, -0.2) is 0 Å². The molecular formula is C68H46O2. The van der Waals surface area contributed by atoms with Crippen LogP contribution >= 0.6 is 0 Å². The molecule has 0 saturated heterocycles. The van der Waals surface area contributed by atoms with Gasteiger partial charge in [-0.3, -0.25) is 0 Å². The van der Waals surface area contributed by atoms with Crippen LogP contribution in [0.1, 0.15) is 22.3 Å². The molecule has 0 N–H and O–H groups in total. The van der Waals surface area contributed by atoms with Crippen molar-refractivity contribution in [2.75, 3.05) is 0 Å². The van der Waals surface area contributed by atoms with Gasteiger partial charge in [-0.2, -0.15) is 0 Å². The molecule has 0 saturated carbocycles. The fourth-order valence-corrected chi connectivity index (χ4v) is 11.9. The van der Waals surface area contributed by atoms with Gasteiger partial charge in [0.05, 0.1) is 0 Å². The number of hydrogen-bond donors (Lipinski definition) is 0. The first-order chi connectivity index (χ1) is 34.3. The predicted octanol–water partition coefficient (Wildman–Crippen LogP) is 19.6. The highest BCUT2D eigenvalue weighted by Crippen LogP contribution is 2.53. The fraction of sp³-hybridized carbons (Fsp3) is 0.0588. The summed E-state index contributed by atoms with van der Waals surface area (Å²) in [6.45, 7) is 8.81. The van der Waals surface area contributed by atoms with Crippen molar-refractivity contribution in [3.05, 3.63) is 229 Å². The van der Waals surface area contributed by atoms with Gasteiger partial charge in [0.2, 0.25) is 0 Å². The number of furan rings is 2. The van der Waals surface area contributed by atoms with Gasteiger partial charge in [0.1, 0.15) is 22.3 Å². The Labute approximate surface area is 406 Å². The first-order valence-corrected chi connectivity index (χ1v) is 24.3. The zero-order chi connectivity index (χ0) is 46.8. The van der Waals surface area contributed by atoms with E-state index in [-0.39, 0.29) is 0 Å². The Balaban J connectivity index is 1.21. The van der Waals surface area contributed by atoms with Crippen LogP contribution in [0.3, 0.4) is 0 Å². The molecule has 0 amide bonds. The Hall–Kier alpha value is -8.72. The summed E-state index contributed by atoms with van der Waals surface area (Å²) in [7, 11) is 0. The third kappa shape index (κ3) is 6.26. The largest absolute Gasteiger partial charge is 0.455 e. The van der Waals surface area contributed by atoms with Crippen LogP contribution in [0.5, 0.6) is 0 Å². The van der Waals surface area contributed by atoms with Crippen LogP contribution < -0.4 is 0 Å². The lowest BCUT2D eigenvalue weighted by Crippen LogP contribution is -1.93. The lowest BCUT2D eigenvalue weighted by Gasteiger charge is -2.19. The van der Waals surface area contributed by atoms with E-state index in [1.807, 2.05) is 0 Å². The smallest absolute Gasteiger partial charge is 0.143 e. The number of benzene rings is 12. The van der Waals surface area contributed by atoms with Gasteiger partial charge in [-0.1, -0.05) is 180 Å². The minimum absolute atomic E-state index is 0.869. The van der Waals surface area contributed by atoms with E-state index in [1.165, 1.54) is 54.9 Å². The van der Waals surface area contributed by atoms with Gasteiger partial charge >= 0.3 is 0 Å². The zero-order valence-electron chi connectivity index (χ0n) is 39.4. The normalized spacial score (nSPS) is 12.0. The minimum atomic E-state index is 0.869. The van der Waals surface area contributed by atoms with Crippen molar-refractivity contribution >= 4 is 76.2 Å². The summed E-state index contributed by atoms with van der Waals surface area (Å²) in [5, 5.41) is 11.4. The topological polar surface area (TPSA) is 26.3 Å². The molecule has 0 radical (unpaired) electrons. The van der Waals surface area contributed by atoms with Gasteiger partial charge in [-0.15, -0.1) is 0 Å². The Morgan fingerprint density at radius 1 is 0.243 bits per heavy atom. The number of rotatable bonds is 6. The monoisotopic (exact) mass is 894 g/mol. The molecule has 330 valence electrons. The van der Waals surface area contributed by atoms with E-state index >= 15 is 0 Å². The molecule has 0 unspecified atom stereocenters. The summed E-state index contributed by atoms with van der Waals surface area (Å²) in [5.74, 6) is 0. The Morgan fingerprint density at radius 2 is 0.571 bits per heavy atom. The molecule has 70 heavy (non-hydrogen) atoms. The highest BCUT2D eigenvalue weighted by Gasteiger charge is 2.28. The van der Waals surface area contributed by atoms with E-state index in [0.717, 1.165) is 110 Å². The van der Waals surface area contributed by atoms with Gasteiger partial charge < -0.3 is 8.83 Å². The Morgan fingerprint density at radius 3 is 0.929 bits per heavy atom. The van der Waals surface area contributed by atoms with Crippen LogP contribution in [0.2, 0.25) is 0 Å². The average molecular weight is 895 g/mol. The SMILES string of the molecule is Cc1cc(C)cc(-c2cc3cc4c(oc5cc(-c6ccccc6)cc(-c6ccccc6)c54)c4c(-c5cc(C)cc(C)c5)cc5cc6c(oc7cc(-c8ccccc8)cc(-c8ccccc8)c76)c2c5c34)c1. The van der Waals surface area contributed by atoms with Gasteiger partial charge in [0.25, 0.3) is 0 Å². The Kier molecular flexibility index (Phi) is 8.88. The summed E-state index contributed by atoms with van der Waals surface area (Å²) >= 11 is 0. The molecule has 0 aliphatic carbocycles. The van der Waals surface area contributed by atoms with Crippen molar-refractivity contribution in [2.45, 2.75) is 27.7 Å². The molecule has 2 nitrogen and oxygen atoms in total. The van der Waals surface area contributed by atoms with Crippen LogP contribution in [0, 0.1) is 27.7 Å². The maximum atomic E-state index is 7.43. The van der Waals surface area contributed by atoms with Crippen LogP contribution in [-0.2, 0) is 0 Å². The lowest BCUT2D eigenvalue weighted by atomic mass is 9.83. The van der Waals surface area contributed by atoms with Crippen molar-refractivity contribution in [1.29, 1.82) is 0 Å². The van der Waals surface area contributed by atoms with E-state index < -0.39 is 0 Å². The number of hydrogen-bond acceptors (Lipinski definition) is 2. The standard InChI is InChI=1S/C68H46O2/c1-39-25-40(2)28-49(27-39)55-33-51-35-58-64-54(46-23-15-8-16-24-46)32-48(44-19-11-6-12-20-44)38-60(64)70-68(58)66-56(50-29-41(3)26-42(4)30-50)34-52-36-57-63-53(45-21-13-7-14-22-45)31-47(43-17-9-5-10-18-43)37-59(63)69-67(57)65(55)61(52)62(51)66/h5-38H,1-4H3. The van der Waals surface area contributed by atoms with E-state index in [0.29, 0.717) is 0 Å². The second-order valence-electron chi connectivity index (χ2n) is 19.5. The molecule has 2 heteroatoms. The molecular weight excluding hydrogens is 849 g/mol. The van der Waals surface area contributed by atoms with Crippen molar-refractivity contribution in [1.82, 2.24) is 0 Å². The van der Waals surface area contributed by atoms with Gasteiger partial charge in [0, 0.05) is 43.1 Å². The summed E-state index contributed by atoms with van der Waals surface area (Å²) in [6, 6.07) is 75.7. The molecule has 14 rings (SSSR count). The molecule has 14 aromatic rings. The molecule has 0 atom stereocenters. The molecule has 0 bridgehead atoms. The molecule has 0 fully saturated rings. The summed E-state index contributed by atoms with van der Waals surface area (Å²) in [4.78, 5) is 0. The molecule has 2 heterocycles. The van der Waals surface area contributed by atoms with Gasteiger partial charge in [0.15, 0.2) is 0 Å². The molecule has 0 aliphatic heterocycles. The highest BCUT2D eigenvalue weighted by molar-refractivity contribution is 6.40. The predicted molar refractivity (Wildman–Crippen MR) is 296 cm³/mol. The van der Waals surface area contributed by atoms with Crippen molar-refractivity contribution < 1.29 is 8.83 Å². The lowest BCUT2D eigenvalue weighted by molar-refractivity contribution is 0.672.